The highest BCUT2D eigenvalue weighted by Gasteiger charge is 2.57. The normalized spacial score (nSPS) is 20.5. The minimum absolute atomic E-state index is 0.00429. The second kappa shape index (κ2) is 6.68. The molecule has 0 aromatic carbocycles. The molecule has 8 nitrogen and oxygen atoms in total. The van der Waals surface area contributed by atoms with E-state index in [-0.39, 0.29) is 23.9 Å². The van der Waals surface area contributed by atoms with E-state index >= 15 is 0 Å². The number of amides is 3. The zero-order chi connectivity index (χ0) is 20.0. The highest BCUT2D eigenvalue weighted by Crippen LogP contribution is 2.38. The maximum atomic E-state index is 12.8. The third-order valence-corrected chi connectivity index (χ3v) is 4.95. The molecule has 0 N–H and O–H groups in total. The van der Waals surface area contributed by atoms with Crippen molar-refractivity contribution in [2.24, 2.45) is 5.92 Å². The third kappa shape index (κ3) is 3.59. The van der Waals surface area contributed by atoms with Crippen LogP contribution in [0.1, 0.15) is 32.6 Å². The number of halogens is 3. The molecule has 2 fully saturated rings. The fourth-order valence-corrected chi connectivity index (χ4v) is 3.66. The van der Waals surface area contributed by atoms with Gasteiger partial charge in [0.2, 0.25) is 5.89 Å². The van der Waals surface area contributed by atoms with Gasteiger partial charge in [-0.2, -0.15) is 13.2 Å². The molecular weight excluding hydrogens is 367 g/mol. The van der Waals surface area contributed by atoms with Crippen LogP contribution in [0.2, 0.25) is 0 Å². The number of rotatable bonds is 4. The van der Waals surface area contributed by atoms with Crippen LogP contribution in [0.25, 0.3) is 0 Å². The molecule has 150 valence electrons. The van der Waals surface area contributed by atoms with Crippen LogP contribution >= 0.6 is 0 Å². The van der Waals surface area contributed by atoms with Crippen molar-refractivity contribution in [2.45, 2.75) is 44.8 Å². The average molecular weight is 389 g/mol. The first-order valence-corrected chi connectivity index (χ1v) is 8.77. The summed E-state index contributed by atoms with van der Waals surface area (Å²) in [4.78, 5) is 29.7. The zero-order valence-electron chi connectivity index (χ0n) is 15.4. The number of alkyl halides is 3. The van der Waals surface area contributed by atoms with Crippen molar-refractivity contribution in [1.29, 1.82) is 0 Å². The van der Waals surface area contributed by atoms with Crippen molar-refractivity contribution in [2.75, 3.05) is 31.6 Å². The van der Waals surface area contributed by atoms with E-state index in [4.69, 9.17) is 4.42 Å². The highest BCUT2D eigenvalue weighted by atomic mass is 19.4. The van der Waals surface area contributed by atoms with Crippen molar-refractivity contribution < 1.29 is 27.2 Å². The molecule has 3 heterocycles. The summed E-state index contributed by atoms with van der Waals surface area (Å²) >= 11 is 0. The Bertz CT molecular complexity index is 725. The van der Waals surface area contributed by atoms with Crippen LogP contribution in [0.15, 0.2) is 4.42 Å². The quantitative estimate of drug-likeness (QED) is 0.733. The van der Waals surface area contributed by atoms with E-state index in [1.165, 1.54) is 7.05 Å². The van der Waals surface area contributed by atoms with Crippen molar-refractivity contribution >= 4 is 18.0 Å². The molecule has 2 aliphatic heterocycles. The first-order valence-electron chi connectivity index (χ1n) is 8.77. The summed E-state index contributed by atoms with van der Waals surface area (Å²) in [6.07, 6.45) is -5.00. The predicted molar refractivity (Wildman–Crippen MR) is 87.9 cm³/mol. The molecule has 0 radical (unpaired) electrons. The van der Waals surface area contributed by atoms with Crippen LogP contribution in [0, 0.1) is 5.92 Å². The monoisotopic (exact) mass is 389 g/mol. The highest BCUT2D eigenvalue weighted by molar-refractivity contribution is 6.06. The van der Waals surface area contributed by atoms with Gasteiger partial charge in [0.05, 0.1) is 0 Å². The lowest BCUT2D eigenvalue weighted by atomic mass is 9.85. The maximum absolute atomic E-state index is 12.8. The molecule has 3 amide bonds. The maximum Gasteiger partial charge on any atom is 0.397 e. The van der Waals surface area contributed by atoms with E-state index in [9.17, 15) is 22.8 Å². The number of aromatic nitrogens is 2. The van der Waals surface area contributed by atoms with Gasteiger partial charge in [-0.3, -0.25) is 9.69 Å². The van der Waals surface area contributed by atoms with E-state index in [0.29, 0.717) is 32.5 Å². The molecule has 1 aromatic heterocycles. The molecular formula is C16H22F3N5O3. The summed E-state index contributed by atoms with van der Waals surface area (Å²) in [5.74, 6) is -0.536. The number of carbonyl (C=O) groups is 2. The summed E-state index contributed by atoms with van der Waals surface area (Å²) in [5.41, 5.74) is -0.915. The SMILES string of the molecule is CC(C)CN1C(=O)N(C)C(=O)C12CCN(c1nnc(CC(F)(F)F)o1)CC2. The summed E-state index contributed by atoms with van der Waals surface area (Å²) in [5, 5.41) is 7.13. The number of hydrogen-bond acceptors (Lipinski definition) is 6. The minimum Gasteiger partial charge on any atom is -0.408 e. The van der Waals surface area contributed by atoms with Crippen molar-refractivity contribution in [1.82, 2.24) is 20.0 Å². The molecule has 2 saturated heterocycles. The first-order chi connectivity index (χ1) is 12.5. The van der Waals surface area contributed by atoms with E-state index in [1.807, 2.05) is 13.8 Å². The average Bonchev–Trinajstić information content (AvgIpc) is 3.09. The molecule has 1 spiro atoms. The van der Waals surface area contributed by atoms with Crippen LogP contribution in [-0.2, 0) is 11.2 Å². The molecule has 0 atom stereocenters. The van der Waals surface area contributed by atoms with Crippen molar-refractivity contribution in [3.8, 4) is 0 Å². The molecule has 1 aromatic rings. The molecule has 11 heteroatoms. The number of nitrogens with zero attached hydrogens (tertiary/aromatic N) is 5. The lowest BCUT2D eigenvalue weighted by molar-refractivity contribution is -0.134. The summed E-state index contributed by atoms with van der Waals surface area (Å²) in [7, 11) is 1.47. The van der Waals surface area contributed by atoms with Crippen molar-refractivity contribution in [3.63, 3.8) is 0 Å². The molecule has 3 rings (SSSR count). The topological polar surface area (TPSA) is 82.8 Å². The molecule has 0 unspecified atom stereocenters. The lowest BCUT2D eigenvalue weighted by Crippen LogP contribution is -2.57. The molecule has 0 bridgehead atoms. The van der Waals surface area contributed by atoms with Crippen LogP contribution < -0.4 is 4.90 Å². The Labute approximate surface area is 154 Å². The van der Waals surface area contributed by atoms with Gasteiger partial charge in [-0.05, 0) is 18.8 Å². The number of hydrogen-bond donors (Lipinski definition) is 0. The van der Waals surface area contributed by atoms with Crippen LogP contribution in [0.4, 0.5) is 24.0 Å². The van der Waals surface area contributed by atoms with Crippen LogP contribution in [0.5, 0.6) is 0 Å². The summed E-state index contributed by atoms with van der Waals surface area (Å²) < 4.78 is 42.4. The first kappa shape index (κ1) is 19.4. The van der Waals surface area contributed by atoms with Gasteiger partial charge in [0, 0.05) is 26.7 Å². The lowest BCUT2D eigenvalue weighted by Gasteiger charge is -2.42. The predicted octanol–water partition coefficient (Wildman–Crippen LogP) is 2.06. The molecule has 0 saturated carbocycles. The Balaban J connectivity index is 1.73. The van der Waals surface area contributed by atoms with Crippen molar-refractivity contribution in [3.05, 3.63) is 5.89 Å². The summed E-state index contributed by atoms with van der Waals surface area (Å²) in [6.45, 7) is 5.06. The second-order valence-electron chi connectivity index (χ2n) is 7.44. The number of anilines is 1. The fourth-order valence-electron chi connectivity index (χ4n) is 3.66. The Hall–Kier alpha value is -2.33. The van der Waals surface area contributed by atoms with Gasteiger partial charge in [0.25, 0.3) is 5.91 Å². The standard InChI is InChI=1S/C16H22F3N5O3/c1-10(2)9-24-14(26)22(3)12(25)15(24)4-6-23(7-5-15)13-21-20-11(27-13)8-16(17,18)19/h10H,4-9H2,1-3H3. The van der Waals surface area contributed by atoms with Gasteiger partial charge in [-0.1, -0.05) is 18.9 Å². The Morgan fingerprint density at radius 1 is 1.19 bits per heavy atom. The van der Waals surface area contributed by atoms with Crippen LogP contribution in [0.3, 0.4) is 0 Å². The fraction of sp³-hybridized carbons (Fsp3) is 0.750. The van der Waals surface area contributed by atoms with Gasteiger partial charge in [0.15, 0.2) is 0 Å². The number of carbonyl (C=O) groups excluding carboxylic acids is 2. The van der Waals surface area contributed by atoms with E-state index in [2.05, 4.69) is 10.2 Å². The third-order valence-electron chi connectivity index (χ3n) is 4.95. The largest absolute Gasteiger partial charge is 0.408 e. The van der Waals surface area contributed by atoms with Gasteiger partial charge in [-0.15, -0.1) is 5.10 Å². The van der Waals surface area contributed by atoms with E-state index in [1.54, 1.807) is 9.80 Å². The van der Waals surface area contributed by atoms with E-state index < -0.39 is 24.0 Å². The number of urea groups is 1. The Morgan fingerprint density at radius 3 is 2.37 bits per heavy atom. The van der Waals surface area contributed by atoms with E-state index in [0.717, 1.165) is 4.90 Å². The van der Waals surface area contributed by atoms with Gasteiger partial charge >= 0.3 is 18.2 Å². The molecule has 27 heavy (non-hydrogen) atoms. The van der Waals surface area contributed by atoms with Gasteiger partial charge < -0.3 is 14.2 Å². The smallest absolute Gasteiger partial charge is 0.397 e. The van der Waals surface area contributed by atoms with Crippen LogP contribution in [-0.4, -0.2) is 70.3 Å². The number of imide groups is 1. The Morgan fingerprint density at radius 2 is 1.81 bits per heavy atom. The minimum atomic E-state index is -4.42. The number of piperidine rings is 1. The number of likely N-dealkylation sites (N-methyl/N-ethyl adjacent to an activating group) is 1. The molecule has 2 aliphatic rings. The second-order valence-corrected chi connectivity index (χ2v) is 7.44. The van der Waals surface area contributed by atoms with Gasteiger partial charge in [-0.25, -0.2) is 4.79 Å². The Kier molecular flexibility index (Phi) is 4.81. The van der Waals surface area contributed by atoms with Gasteiger partial charge in [0.1, 0.15) is 12.0 Å². The molecule has 0 aliphatic carbocycles. The summed E-state index contributed by atoms with van der Waals surface area (Å²) in [6, 6.07) is -0.308. The zero-order valence-corrected chi connectivity index (χ0v) is 15.4.